The molecule has 114 valence electrons. The topological polar surface area (TPSA) is 43.4 Å². The fourth-order valence-electron chi connectivity index (χ4n) is 3.21. The highest BCUT2D eigenvalue weighted by Gasteiger charge is 2.51. The van der Waals surface area contributed by atoms with Gasteiger partial charge >= 0.3 is 5.97 Å². The van der Waals surface area contributed by atoms with E-state index in [9.17, 15) is 9.59 Å². The van der Waals surface area contributed by atoms with Crippen LogP contribution in [-0.4, -0.2) is 18.4 Å². The zero-order valence-corrected chi connectivity index (χ0v) is 13.4. The van der Waals surface area contributed by atoms with E-state index in [1.807, 2.05) is 13.8 Å². The lowest BCUT2D eigenvalue weighted by atomic mass is 9.64. The van der Waals surface area contributed by atoms with Gasteiger partial charge in [0.1, 0.15) is 5.41 Å². The maximum absolute atomic E-state index is 12.7. The van der Waals surface area contributed by atoms with Gasteiger partial charge in [-0.05, 0) is 57.2 Å². The smallest absolute Gasteiger partial charge is 0.319 e. The van der Waals surface area contributed by atoms with Crippen LogP contribution in [0.1, 0.15) is 48.4 Å². The first-order valence-corrected chi connectivity index (χ1v) is 7.68. The maximum Gasteiger partial charge on any atom is 0.319 e. The van der Waals surface area contributed by atoms with Crippen LogP contribution in [0.4, 0.5) is 0 Å². The molecule has 0 unspecified atom stereocenters. The van der Waals surface area contributed by atoms with Gasteiger partial charge in [-0.3, -0.25) is 9.59 Å². The molecule has 0 atom stereocenters. The Morgan fingerprint density at radius 2 is 1.71 bits per heavy atom. The molecule has 1 aromatic rings. The number of ketones is 1. The molecule has 0 bridgehead atoms. The van der Waals surface area contributed by atoms with E-state index in [2.05, 4.69) is 19.1 Å². The third-order valence-electron chi connectivity index (χ3n) is 4.58. The van der Waals surface area contributed by atoms with Crippen molar-refractivity contribution in [1.82, 2.24) is 0 Å². The summed E-state index contributed by atoms with van der Waals surface area (Å²) in [7, 11) is 0. The Kier molecular flexibility index (Phi) is 4.50. The Morgan fingerprint density at radius 1 is 1.14 bits per heavy atom. The van der Waals surface area contributed by atoms with Gasteiger partial charge in [-0.1, -0.05) is 24.1 Å². The lowest BCUT2D eigenvalue weighted by molar-refractivity contribution is -0.166. The van der Waals surface area contributed by atoms with Crippen molar-refractivity contribution in [3.05, 3.63) is 34.4 Å². The van der Waals surface area contributed by atoms with Crippen LogP contribution in [0.2, 0.25) is 0 Å². The van der Waals surface area contributed by atoms with Gasteiger partial charge in [0.25, 0.3) is 0 Å². The number of hydrogen-bond donors (Lipinski definition) is 0. The zero-order chi connectivity index (χ0) is 15.6. The third kappa shape index (κ3) is 2.87. The predicted octanol–water partition coefficient (Wildman–Crippen LogP) is 3.46. The average molecular weight is 288 g/mol. The van der Waals surface area contributed by atoms with Gasteiger partial charge in [-0.2, -0.15) is 0 Å². The standard InChI is InChI=1S/C18H24O3/c1-5-21-17(20)18(7-6-8-18)16(19)11-15-13(3)9-12(2)10-14(15)4/h9-10H,5-8,11H2,1-4H3. The Morgan fingerprint density at radius 3 is 2.14 bits per heavy atom. The van der Waals surface area contributed by atoms with E-state index < -0.39 is 5.41 Å². The van der Waals surface area contributed by atoms with Gasteiger partial charge in [-0.25, -0.2) is 0 Å². The number of ether oxygens (including phenoxy) is 1. The molecule has 1 aromatic carbocycles. The summed E-state index contributed by atoms with van der Waals surface area (Å²) in [5.41, 5.74) is 3.63. The molecule has 0 amide bonds. The van der Waals surface area contributed by atoms with Crippen molar-refractivity contribution >= 4 is 11.8 Å². The van der Waals surface area contributed by atoms with E-state index in [-0.39, 0.29) is 11.8 Å². The van der Waals surface area contributed by atoms with Crippen LogP contribution in [0, 0.1) is 26.2 Å². The molecule has 1 aliphatic carbocycles. The number of carbonyl (C=O) groups excluding carboxylic acids is 2. The summed E-state index contributed by atoms with van der Waals surface area (Å²) >= 11 is 0. The number of hydrogen-bond acceptors (Lipinski definition) is 3. The number of rotatable bonds is 5. The maximum atomic E-state index is 12.7. The molecule has 0 spiro atoms. The van der Waals surface area contributed by atoms with E-state index in [1.165, 1.54) is 5.56 Å². The largest absolute Gasteiger partial charge is 0.465 e. The molecular formula is C18H24O3. The highest BCUT2D eigenvalue weighted by molar-refractivity contribution is 6.05. The Balaban J connectivity index is 2.23. The van der Waals surface area contributed by atoms with Gasteiger partial charge in [0.05, 0.1) is 6.61 Å². The molecule has 21 heavy (non-hydrogen) atoms. The van der Waals surface area contributed by atoms with Gasteiger partial charge < -0.3 is 4.74 Å². The summed E-state index contributed by atoms with van der Waals surface area (Å²) in [4.78, 5) is 24.9. The fraction of sp³-hybridized carbons (Fsp3) is 0.556. The summed E-state index contributed by atoms with van der Waals surface area (Å²) in [5, 5.41) is 0. The highest BCUT2D eigenvalue weighted by Crippen LogP contribution is 2.44. The molecule has 0 radical (unpaired) electrons. The van der Waals surface area contributed by atoms with Gasteiger partial charge in [0.15, 0.2) is 5.78 Å². The van der Waals surface area contributed by atoms with E-state index >= 15 is 0 Å². The second-order valence-electron chi connectivity index (χ2n) is 6.13. The average Bonchev–Trinajstić information content (AvgIpc) is 2.32. The van der Waals surface area contributed by atoms with Crippen molar-refractivity contribution in [3.8, 4) is 0 Å². The second kappa shape index (κ2) is 6.00. The normalized spacial score (nSPS) is 16.2. The second-order valence-corrected chi connectivity index (χ2v) is 6.13. The lowest BCUT2D eigenvalue weighted by Crippen LogP contribution is -2.47. The highest BCUT2D eigenvalue weighted by atomic mass is 16.5. The van der Waals surface area contributed by atoms with Crippen molar-refractivity contribution in [2.24, 2.45) is 5.41 Å². The molecule has 0 aromatic heterocycles. The quantitative estimate of drug-likeness (QED) is 0.615. The molecule has 3 heteroatoms. The van der Waals surface area contributed by atoms with Crippen LogP contribution in [0.15, 0.2) is 12.1 Å². The van der Waals surface area contributed by atoms with Crippen molar-refractivity contribution < 1.29 is 14.3 Å². The summed E-state index contributed by atoms with van der Waals surface area (Å²) in [5.74, 6) is -0.314. The van der Waals surface area contributed by atoms with E-state index in [1.54, 1.807) is 6.92 Å². The summed E-state index contributed by atoms with van der Waals surface area (Å²) in [6.45, 7) is 8.22. The number of carbonyl (C=O) groups is 2. The number of esters is 1. The number of Topliss-reactive ketones (excluding diaryl/α,β-unsaturated/α-hetero) is 1. The minimum Gasteiger partial charge on any atom is -0.465 e. The molecule has 3 nitrogen and oxygen atoms in total. The van der Waals surface area contributed by atoms with Gasteiger partial charge in [0, 0.05) is 6.42 Å². The molecule has 0 saturated heterocycles. The lowest BCUT2D eigenvalue weighted by Gasteiger charge is -2.37. The third-order valence-corrected chi connectivity index (χ3v) is 4.58. The first-order chi connectivity index (χ1) is 9.90. The minimum atomic E-state index is -0.875. The van der Waals surface area contributed by atoms with Crippen LogP contribution in [0.3, 0.4) is 0 Å². The zero-order valence-electron chi connectivity index (χ0n) is 13.4. The van der Waals surface area contributed by atoms with Crippen LogP contribution in [0.25, 0.3) is 0 Å². The predicted molar refractivity (Wildman–Crippen MR) is 82.3 cm³/mol. The molecular weight excluding hydrogens is 264 g/mol. The van der Waals surface area contributed by atoms with Crippen LogP contribution in [0.5, 0.6) is 0 Å². The van der Waals surface area contributed by atoms with Crippen molar-refractivity contribution in [2.45, 2.75) is 53.4 Å². The first kappa shape index (κ1) is 15.7. The summed E-state index contributed by atoms with van der Waals surface area (Å²) < 4.78 is 5.13. The van der Waals surface area contributed by atoms with Crippen LogP contribution in [-0.2, 0) is 20.7 Å². The van der Waals surface area contributed by atoms with E-state index in [0.29, 0.717) is 25.9 Å². The van der Waals surface area contributed by atoms with E-state index in [0.717, 1.165) is 23.1 Å². The monoisotopic (exact) mass is 288 g/mol. The Labute approximate surface area is 126 Å². The first-order valence-electron chi connectivity index (χ1n) is 7.68. The Bertz CT molecular complexity index is 545. The molecule has 2 rings (SSSR count). The van der Waals surface area contributed by atoms with Gasteiger partial charge in [0.2, 0.25) is 0 Å². The van der Waals surface area contributed by atoms with E-state index in [4.69, 9.17) is 4.74 Å². The molecule has 1 aliphatic rings. The van der Waals surface area contributed by atoms with Crippen molar-refractivity contribution in [3.63, 3.8) is 0 Å². The molecule has 1 saturated carbocycles. The molecule has 0 aliphatic heterocycles. The summed E-state index contributed by atoms with van der Waals surface area (Å²) in [6, 6.07) is 4.18. The SMILES string of the molecule is CCOC(=O)C1(C(=O)Cc2c(C)cc(C)cc2C)CCC1. The van der Waals surface area contributed by atoms with Crippen LogP contribution < -0.4 is 0 Å². The number of benzene rings is 1. The molecule has 0 N–H and O–H groups in total. The molecule has 0 heterocycles. The van der Waals surface area contributed by atoms with Gasteiger partial charge in [-0.15, -0.1) is 0 Å². The fourth-order valence-corrected chi connectivity index (χ4v) is 3.21. The Hall–Kier alpha value is -1.64. The minimum absolute atomic E-state index is 0.0160. The summed E-state index contributed by atoms with van der Waals surface area (Å²) in [6.07, 6.45) is 2.52. The molecule has 1 fully saturated rings. The number of aryl methyl sites for hydroxylation is 3. The van der Waals surface area contributed by atoms with Crippen LogP contribution >= 0.6 is 0 Å². The van der Waals surface area contributed by atoms with Crippen molar-refractivity contribution in [2.75, 3.05) is 6.61 Å². The van der Waals surface area contributed by atoms with Crippen molar-refractivity contribution in [1.29, 1.82) is 0 Å².